The molecule has 1 aromatic heterocycles. The second-order valence-corrected chi connectivity index (χ2v) is 5.30. The lowest BCUT2D eigenvalue weighted by atomic mass is 9.99. The number of hydrogen-bond acceptors (Lipinski definition) is 3. The van der Waals surface area contributed by atoms with Gasteiger partial charge in [-0.1, -0.05) is 17.7 Å². The maximum absolute atomic E-state index is 12.4. The fourth-order valence-electron chi connectivity index (χ4n) is 2.41. The molecular weight excluding hydrogens is 274 g/mol. The van der Waals surface area contributed by atoms with Crippen molar-refractivity contribution < 1.29 is 4.79 Å². The van der Waals surface area contributed by atoms with E-state index in [2.05, 4.69) is 4.98 Å². The summed E-state index contributed by atoms with van der Waals surface area (Å²) in [5.41, 5.74) is 9.31. The maximum Gasteiger partial charge on any atom is 0.272 e. The van der Waals surface area contributed by atoms with E-state index in [4.69, 9.17) is 17.3 Å². The van der Waals surface area contributed by atoms with E-state index >= 15 is 0 Å². The Labute approximate surface area is 122 Å². The van der Waals surface area contributed by atoms with Gasteiger partial charge in [0.25, 0.3) is 5.91 Å². The van der Waals surface area contributed by atoms with Crippen molar-refractivity contribution in [3.63, 3.8) is 0 Å². The van der Waals surface area contributed by atoms with Crippen LogP contribution in [0.5, 0.6) is 0 Å². The fraction of sp³-hybridized carbons (Fsp3) is 0.200. The Hall–Kier alpha value is -2.07. The zero-order valence-corrected chi connectivity index (χ0v) is 11.6. The molecular formula is C15H14ClN3O. The smallest absolute Gasteiger partial charge is 0.272 e. The van der Waals surface area contributed by atoms with Crippen LogP contribution in [0.4, 0.5) is 5.69 Å². The molecule has 0 radical (unpaired) electrons. The number of benzene rings is 1. The predicted octanol–water partition coefficient (Wildman–Crippen LogP) is 2.52. The highest BCUT2D eigenvalue weighted by atomic mass is 35.5. The number of hydrogen-bond donors (Lipinski definition) is 1. The molecule has 1 amide bonds. The van der Waals surface area contributed by atoms with Gasteiger partial charge in [0.05, 0.1) is 5.02 Å². The zero-order chi connectivity index (χ0) is 14.1. The van der Waals surface area contributed by atoms with E-state index in [0.717, 1.165) is 17.7 Å². The average molecular weight is 288 g/mol. The number of fused-ring (bicyclic) bond motifs is 1. The second-order valence-electron chi connectivity index (χ2n) is 4.87. The molecule has 5 heteroatoms. The number of nitrogen functional groups attached to an aromatic ring is 1. The molecule has 102 valence electrons. The van der Waals surface area contributed by atoms with Crippen LogP contribution in [-0.2, 0) is 13.0 Å². The third kappa shape index (κ3) is 2.47. The lowest BCUT2D eigenvalue weighted by Gasteiger charge is -2.28. The molecule has 2 aromatic rings. The van der Waals surface area contributed by atoms with E-state index in [1.807, 2.05) is 18.2 Å². The van der Waals surface area contributed by atoms with Crippen LogP contribution in [0, 0.1) is 0 Å². The number of carbonyl (C=O) groups excluding carboxylic acids is 1. The summed E-state index contributed by atoms with van der Waals surface area (Å²) < 4.78 is 0. The van der Waals surface area contributed by atoms with Crippen molar-refractivity contribution in [2.24, 2.45) is 0 Å². The monoisotopic (exact) mass is 287 g/mol. The topological polar surface area (TPSA) is 59.2 Å². The highest BCUT2D eigenvalue weighted by Gasteiger charge is 2.22. The summed E-state index contributed by atoms with van der Waals surface area (Å²) in [5, 5.41) is 0.526. The van der Waals surface area contributed by atoms with Gasteiger partial charge in [0.2, 0.25) is 0 Å². The van der Waals surface area contributed by atoms with E-state index in [1.165, 1.54) is 11.8 Å². The summed E-state index contributed by atoms with van der Waals surface area (Å²) in [6, 6.07) is 9.20. The molecule has 1 aliphatic rings. The third-order valence-electron chi connectivity index (χ3n) is 3.48. The number of amides is 1. The quantitative estimate of drug-likeness (QED) is 0.820. The van der Waals surface area contributed by atoms with E-state index < -0.39 is 0 Å². The average Bonchev–Trinajstić information content (AvgIpc) is 2.46. The summed E-state index contributed by atoms with van der Waals surface area (Å²) in [6.45, 7) is 1.27. The number of rotatable bonds is 1. The summed E-state index contributed by atoms with van der Waals surface area (Å²) in [6.07, 6.45) is 2.33. The molecule has 0 unspecified atom stereocenters. The normalized spacial score (nSPS) is 13.9. The van der Waals surface area contributed by atoms with Gasteiger partial charge < -0.3 is 10.6 Å². The largest absolute Gasteiger partial charge is 0.399 e. The van der Waals surface area contributed by atoms with Crippen LogP contribution in [0.3, 0.4) is 0 Å². The van der Waals surface area contributed by atoms with Gasteiger partial charge in [0.15, 0.2) is 0 Å². The molecule has 1 aromatic carbocycles. The van der Waals surface area contributed by atoms with Crippen LogP contribution in [0.2, 0.25) is 5.02 Å². The molecule has 2 N–H and O–H groups in total. The van der Waals surface area contributed by atoms with Gasteiger partial charge in [-0.3, -0.25) is 4.79 Å². The Bertz CT molecular complexity index is 655. The first kappa shape index (κ1) is 12.9. The van der Waals surface area contributed by atoms with Gasteiger partial charge in [-0.2, -0.15) is 0 Å². The van der Waals surface area contributed by atoms with Crippen LogP contribution in [0.1, 0.15) is 21.6 Å². The molecule has 3 rings (SSSR count). The minimum Gasteiger partial charge on any atom is -0.399 e. The van der Waals surface area contributed by atoms with Crippen molar-refractivity contribution in [2.75, 3.05) is 12.3 Å². The summed E-state index contributed by atoms with van der Waals surface area (Å²) in [7, 11) is 0. The summed E-state index contributed by atoms with van der Waals surface area (Å²) in [4.78, 5) is 18.3. The molecule has 0 bridgehead atoms. The lowest BCUT2D eigenvalue weighted by Crippen LogP contribution is -2.36. The first-order valence-corrected chi connectivity index (χ1v) is 6.79. The Balaban J connectivity index is 1.82. The predicted molar refractivity (Wildman–Crippen MR) is 78.5 cm³/mol. The maximum atomic E-state index is 12.4. The molecule has 0 saturated carbocycles. The zero-order valence-electron chi connectivity index (χ0n) is 10.8. The molecule has 0 aliphatic carbocycles. The first-order valence-electron chi connectivity index (χ1n) is 6.41. The Morgan fingerprint density at radius 3 is 2.85 bits per heavy atom. The Morgan fingerprint density at radius 1 is 1.25 bits per heavy atom. The van der Waals surface area contributed by atoms with Crippen LogP contribution >= 0.6 is 11.6 Å². The van der Waals surface area contributed by atoms with Gasteiger partial charge in [-0.15, -0.1) is 0 Å². The number of aromatic nitrogens is 1. The number of nitrogens with two attached hydrogens (primary N) is 1. The molecule has 0 spiro atoms. The molecule has 1 aliphatic heterocycles. The van der Waals surface area contributed by atoms with Crippen LogP contribution in [0.15, 0.2) is 36.5 Å². The number of nitrogens with zero attached hydrogens (tertiary/aromatic N) is 2. The molecule has 2 heterocycles. The Morgan fingerprint density at radius 2 is 2.10 bits per heavy atom. The molecule has 20 heavy (non-hydrogen) atoms. The Kier molecular flexibility index (Phi) is 3.32. The van der Waals surface area contributed by atoms with Crippen molar-refractivity contribution in [3.05, 3.63) is 58.4 Å². The lowest BCUT2D eigenvalue weighted by molar-refractivity contribution is 0.0729. The van der Waals surface area contributed by atoms with Crippen molar-refractivity contribution in [1.29, 1.82) is 0 Å². The van der Waals surface area contributed by atoms with E-state index in [0.29, 0.717) is 23.8 Å². The van der Waals surface area contributed by atoms with Crippen LogP contribution in [-0.4, -0.2) is 22.3 Å². The molecule has 0 fully saturated rings. The standard InChI is InChI=1S/C15H14ClN3O/c16-12-2-4-14(18-8-12)15(20)19-6-5-10-1-3-13(17)7-11(10)9-19/h1-4,7-8H,5-6,9,17H2. The van der Waals surface area contributed by atoms with E-state index in [9.17, 15) is 4.79 Å². The molecule has 4 nitrogen and oxygen atoms in total. The number of carbonyl (C=O) groups is 1. The van der Waals surface area contributed by atoms with Gasteiger partial charge >= 0.3 is 0 Å². The highest BCUT2D eigenvalue weighted by molar-refractivity contribution is 6.30. The van der Waals surface area contributed by atoms with Crippen molar-refractivity contribution in [3.8, 4) is 0 Å². The summed E-state index contributed by atoms with van der Waals surface area (Å²) in [5.74, 6) is -0.0743. The highest BCUT2D eigenvalue weighted by Crippen LogP contribution is 2.22. The van der Waals surface area contributed by atoms with Crippen LogP contribution in [0.25, 0.3) is 0 Å². The van der Waals surface area contributed by atoms with Crippen LogP contribution < -0.4 is 5.73 Å². The first-order chi connectivity index (χ1) is 9.63. The minimum atomic E-state index is -0.0743. The number of halogens is 1. The van der Waals surface area contributed by atoms with E-state index in [-0.39, 0.29) is 5.91 Å². The molecule has 0 atom stereocenters. The fourth-order valence-corrected chi connectivity index (χ4v) is 2.53. The van der Waals surface area contributed by atoms with Crippen molar-refractivity contribution in [2.45, 2.75) is 13.0 Å². The van der Waals surface area contributed by atoms with Crippen molar-refractivity contribution in [1.82, 2.24) is 9.88 Å². The number of anilines is 1. The summed E-state index contributed by atoms with van der Waals surface area (Å²) >= 11 is 5.79. The second kappa shape index (κ2) is 5.13. The SMILES string of the molecule is Nc1ccc2c(c1)CN(C(=O)c1ccc(Cl)cn1)CC2. The van der Waals surface area contributed by atoms with E-state index in [1.54, 1.807) is 17.0 Å². The van der Waals surface area contributed by atoms with Gasteiger partial charge in [-0.25, -0.2) is 4.98 Å². The van der Waals surface area contributed by atoms with Gasteiger partial charge in [-0.05, 0) is 41.8 Å². The minimum absolute atomic E-state index is 0.0743. The van der Waals surface area contributed by atoms with Gasteiger partial charge in [0.1, 0.15) is 5.69 Å². The third-order valence-corrected chi connectivity index (χ3v) is 3.70. The molecule has 0 saturated heterocycles. The number of pyridine rings is 1. The van der Waals surface area contributed by atoms with Crippen molar-refractivity contribution >= 4 is 23.2 Å². The van der Waals surface area contributed by atoms with Gasteiger partial charge in [0, 0.05) is 25.0 Å².